The zero-order valence-electron chi connectivity index (χ0n) is 13.9. The molecule has 124 valence electrons. The molecule has 1 saturated heterocycles. The normalized spacial score (nSPS) is 22.2. The second-order valence-corrected chi connectivity index (χ2v) is 6.65. The second-order valence-electron chi connectivity index (χ2n) is 6.65. The highest BCUT2D eigenvalue weighted by Crippen LogP contribution is 2.24. The van der Waals surface area contributed by atoms with Crippen LogP contribution in [0.5, 0.6) is 5.75 Å². The molecule has 0 radical (unpaired) electrons. The van der Waals surface area contributed by atoms with Crippen LogP contribution >= 0.6 is 0 Å². The van der Waals surface area contributed by atoms with E-state index in [1.807, 2.05) is 18.3 Å². The number of hydrogen-bond donors (Lipinski definition) is 2. The van der Waals surface area contributed by atoms with E-state index < -0.39 is 5.60 Å². The number of H-pyrrole nitrogens is 1. The third kappa shape index (κ3) is 4.12. The number of aryl methyl sites for hydroxylation is 2. The van der Waals surface area contributed by atoms with Crippen molar-refractivity contribution >= 4 is 0 Å². The lowest BCUT2D eigenvalue weighted by Gasteiger charge is -2.38. The summed E-state index contributed by atoms with van der Waals surface area (Å²) in [6.07, 6.45) is 5.27. The number of nitrogens with one attached hydrogen (secondary N) is 1. The summed E-state index contributed by atoms with van der Waals surface area (Å²) in [6, 6.07) is 6.06. The molecule has 5 nitrogen and oxygen atoms in total. The van der Waals surface area contributed by atoms with Crippen molar-refractivity contribution in [3.05, 3.63) is 47.5 Å². The van der Waals surface area contributed by atoms with E-state index in [0.717, 1.165) is 37.4 Å². The minimum atomic E-state index is -0.795. The van der Waals surface area contributed by atoms with Crippen molar-refractivity contribution in [1.29, 1.82) is 0 Å². The number of aliphatic hydroxyl groups is 1. The van der Waals surface area contributed by atoms with Gasteiger partial charge in [0.2, 0.25) is 0 Å². The van der Waals surface area contributed by atoms with Crippen LogP contribution in [0.4, 0.5) is 0 Å². The lowest BCUT2D eigenvalue weighted by molar-refractivity contribution is -0.0623. The van der Waals surface area contributed by atoms with E-state index in [9.17, 15) is 5.11 Å². The zero-order chi connectivity index (χ0) is 16.3. The molecular weight excluding hydrogens is 290 g/mol. The fraction of sp³-hybridized carbons (Fsp3) is 0.500. The molecule has 2 N–H and O–H groups in total. The summed E-state index contributed by atoms with van der Waals surface area (Å²) in [4.78, 5) is 9.41. The molecule has 3 rings (SSSR count). The molecular formula is C18H25N3O2. The van der Waals surface area contributed by atoms with Crippen LogP contribution in [-0.4, -0.2) is 45.3 Å². The second kappa shape index (κ2) is 6.72. The lowest BCUT2D eigenvalue weighted by Crippen LogP contribution is -2.51. The van der Waals surface area contributed by atoms with E-state index in [2.05, 4.69) is 34.8 Å². The fourth-order valence-corrected chi connectivity index (χ4v) is 3.09. The van der Waals surface area contributed by atoms with E-state index in [1.165, 1.54) is 11.1 Å². The van der Waals surface area contributed by atoms with Crippen molar-refractivity contribution in [1.82, 2.24) is 14.9 Å². The largest absolute Gasteiger partial charge is 0.491 e. The monoisotopic (exact) mass is 315 g/mol. The summed E-state index contributed by atoms with van der Waals surface area (Å²) in [5.74, 6) is 0.826. The maximum Gasteiger partial charge on any atom is 0.119 e. The van der Waals surface area contributed by atoms with Crippen molar-refractivity contribution in [2.75, 3.05) is 19.7 Å². The van der Waals surface area contributed by atoms with Crippen LogP contribution in [-0.2, 0) is 6.54 Å². The first-order valence-corrected chi connectivity index (χ1v) is 8.16. The number of aromatic nitrogens is 2. The van der Waals surface area contributed by atoms with Gasteiger partial charge in [-0.15, -0.1) is 0 Å². The van der Waals surface area contributed by atoms with E-state index in [-0.39, 0.29) is 0 Å². The van der Waals surface area contributed by atoms with Crippen LogP contribution < -0.4 is 4.74 Å². The van der Waals surface area contributed by atoms with Gasteiger partial charge >= 0.3 is 0 Å². The Morgan fingerprint density at radius 1 is 1.35 bits per heavy atom. The Balaban J connectivity index is 1.58. The van der Waals surface area contributed by atoms with Gasteiger partial charge in [0.25, 0.3) is 0 Å². The molecule has 1 aromatic carbocycles. The Morgan fingerprint density at radius 2 is 2.22 bits per heavy atom. The smallest absolute Gasteiger partial charge is 0.119 e. The van der Waals surface area contributed by atoms with Crippen LogP contribution in [0.15, 0.2) is 30.7 Å². The van der Waals surface area contributed by atoms with Crippen LogP contribution in [0, 0.1) is 13.8 Å². The van der Waals surface area contributed by atoms with Gasteiger partial charge in [0, 0.05) is 25.0 Å². The SMILES string of the molecule is Cc1ccc(OCC2(O)CCCN(Cc3cnc[nH]3)C2)cc1C. The van der Waals surface area contributed by atoms with E-state index >= 15 is 0 Å². The van der Waals surface area contributed by atoms with Gasteiger partial charge in [0.15, 0.2) is 0 Å². The Morgan fingerprint density at radius 3 is 2.96 bits per heavy atom. The minimum absolute atomic E-state index is 0.328. The Bertz CT molecular complexity index is 642. The zero-order valence-corrected chi connectivity index (χ0v) is 13.9. The molecule has 1 aliphatic heterocycles. The Hall–Kier alpha value is -1.85. The average molecular weight is 315 g/mol. The first kappa shape index (κ1) is 16.0. The number of piperidine rings is 1. The molecule has 23 heavy (non-hydrogen) atoms. The molecule has 1 aromatic heterocycles. The van der Waals surface area contributed by atoms with Gasteiger partial charge < -0.3 is 14.8 Å². The van der Waals surface area contributed by atoms with E-state index in [4.69, 9.17) is 4.74 Å². The first-order chi connectivity index (χ1) is 11.0. The molecule has 0 saturated carbocycles. The number of nitrogens with zero attached hydrogens (tertiary/aromatic N) is 2. The maximum absolute atomic E-state index is 10.9. The van der Waals surface area contributed by atoms with Gasteiger partial charge in [-0.3, -0.25) is 4.90 Å². The molecule has 1 aliphatic rings. The third-order valence-corrected chi connectivity index (χ3v) is 4.57. The number of rotatable bonds is 5. The Labute approximate surface area is 137 Å². The molecule has 1 atom stereocenters. The summed E-state index contributed by atoms with van der Waals surface area (Å²) < 4.78 is 5.87. The number of likely N-dealkylation sites (tertiary alicyclic amines) is 1. The summed E-state index contributed by atoms with van der Waals surface area (Å²) in [5.41, 5.74) is 2.74. The standard InChI is InChI=1S/C18H25N3O2/c1-14-4-5-17(8-15(14)2)23-12-18(22)6-3-7-21(11-18)10-16-9-19-13-20-16/h4-5,8-9,13,22H,3,6-7,10-12H2,1-2H3,(H,19,20). The van der Waals surface area contributed by atoms with Crippen LogP contribution in [0.25, 0.3) is 0 Å². The topological polar surface area (TPSA) is 61.4 Å². The van der Waals surface area contributed by atoms with Gasteiger partial charge in [0.1, 0.15) is 18.0 Å². The molecule has 2 heterocycles. The van der Waals surface area contributed by atoms with Crippen LogP contribution in [0.3, 0.4) is 0 Å². The van der Waals surface area contributed by atoms with Gasteiger partial charge in [-0.1, -0.05) is 6.07 Å². The maximum atomic E-state index is 10.9. The highest BCUT2D eigenvalue weighted by Gasteiger charge is 2.34. The summed E-state index contributed by atoms with van der Waals surface area (Å²) >= 11 is 0. The molecule has 1 fully saturated rings. The van der Waals surface area contributed by atoms with Crippen LogP contribution in [0.2, 0.25) is 0 Å². The molecule has 2 aromatic rings. The third-order valence-electron chi connectivity index (χ3n) is 4.57. The van der Waals surface area contributed by atoms with Gasteiger partial charge in [-0.2, -0.15) is 0 Å². The van der Waals surface area contributed by atoms with Crippen molar-refractivity contribution < 1.29 is 9.84 Å². The number of hydrogen-bond acceptors (Lipinski definition) is 4. The summed E-state index contributed by atoms with van der Waals surface area (Å²) in [7, 11) is 0. The van der Waals surface area contributed by atoms with Gasteiger partial charge in [-0.25, -0.2) is 4.98 Å². The van der Waals surface area contributed by atoms with Crippen molar-refractivity contribution in [2.45, 2.75) is 38.8 Å². The average Bonchev–Trinajstić information content (AvgIpc) is 3.02. The predicted molar refractivity (Wildman–Crippen MR) is 89.5 cm³/mol. The number of benzene rings is 1. The first-order valence-electron chi connectivity index (χ1n) is 8.16. The minimum Gasteiger partial charge on any atom is -0.491 e. The molecule has 0 bridgehead atoms. The number of aromatic amines is 1. The highest BCUT2D eigenvalue weighted by atomic mass is 16.5. The number of imidazole rings is 1. The summed E-state index contributed by atoms with van der Waals surface area (Å²) in [5, 5.41) is 10.9. The Kier molecular flexibility index (Phi) is 4.68. The van der Waals surface area contributed by atoms with Crippen LogP contribution in [0.1, 0.15) is 29.7 Å². The number of ether oxygens (including phenoxy) is 1. The van der Waals surface area contributed by atoms with Crippen molar-refractivity contribution in [2.24, 2.45) is 0 Å². The molecule has 0 spiro atoms. The van der Waals surface area contributed by atoms with Crippen molar-refractivity contribution in [3.63, 3.8) is 0 Å². The molecule has 1 unspecified atom stereocenters. The van der Waals surface area contributed by atoms with E-state index in [1.54, 1.807) is 6.33 Å². The molecule has 0 amide bonds. The molecule has 0 aliphatic carbocycles. The summed E-state index contributed by atoms with van der Waals surface area (Å²) in [6.45, 7) is 6.88. The quantitative estimate of drug-likeness (QED) is 0.889. The lowest BCUT2D eigenvalue weighted by atomic mass is 9.93. The van der Waals surface area contributed by atoms with Gasteiger partial charge in [0.05, 0.1) is 6.33 Å². The highest BCUT2D eigenvalue weighted by molar-refractivity contribution is 5.33. The van der Waals surface area contributed by atoms with Gasteiger partial charge in [-0.05, 0) is 56.5 Å². The predicted octanol–water partition coefficient (Wildman–Crippen LogP) is 2.43. The van der Waals surface area contributed by atoms with Crippen molar-refractivity contribution in [3.8, 4) is 5.75 Å². The molecule has 5 heteroatoms. The van der Waals surface area contributed by atoms with E-state index in [0.29, 0.717) is 13.2 Å². The fourth-order valence-electron chi connectivity index (χ4n) is 3.09. The number of β-amino-alcohol motifs (C(OH)–C–C–N with tert-alkyl or cyclic N) is 1.